The maximum atomic E-state index is 3.44. The van der Waals surface area contributed by atoms with E-state index in [1.165, 1.54) is 94.2 Å². The molecule has 1 N–H and O–H groups in total. The van der Waals surface area contributed by atoms with Gasteiger partial charge < -0.3 is 5.32 Å². The van der Waals surface area contributed by atoms with Gasteiger partial charge in [-0.15, -0.1) is 0 Å². The first-order valence-corrected chi connectivity index (χ1v) is 24.3. The zero-order chi connectivity index (χ0) is 48.1. The van der Waals surface area contributed by atoms with Crippen LogP contribution in [0.1, 0.15) is 45.9 Å². The van der Waals surface area contributed by atoms with E-state index in [0.717, 1.165) is 5.69 Å². The van der Waals surface area contributed by atoms with Gasteiger partial charge in [-0.25, -0.2) is 0 Å². The van der Waals surface area contributed by atoms with Crippen molar-refractivity contribution in [2.45, 2.75) is 33.1 Å². The summed E-state index contributed by atoms with van der Waals surface area (Å²) >= 11 is 0. The molecule has 2 aliphatic rings. The number of rotatable bonds is 6. The summed E-state index contributed by atoms with van der Waals surface area (Å²) in [6, 6.07) is 73.9. The molecular weight excluding hydrogens is 843 g/mol. The van der Waals surface area contributed by atoms with Crippen molar-refractivity contribution in [3.8, 4) is 44.5 Å². The molecule has 9 aromatic carbocycles. The third-order valence-corrected chi connectivity index (χ3v) is 13.2. The molecule has 9 aromatic rings. The minimum Gasteiger partial charge on any atom is -0.361 e. The molecule has 0 fully saturated rings. The average molecular weight is 902 g/mol. The van der Waals surface area contributed by atoms with Crippen LogP contribution in [-0.4, -0.2) is 0 Å². The van der Waals surface area contributed by atoms with Gasteiger partial charge in [-0.1, -0.05) is 254 Å². The quantitative estimate of drug-likeness (QED) is 0.164. The molecule has 0 bridgehead atoms. The smallest absolute Gasteiger partial charge is 0.0647 e. The van der Waals surface area contributed by atoms with Crippen molar-refractivity contribution in [3.63, 3.8) is 0 Å². The monoisotopic (exact) mass is 901 g/mol. The van der Waals surface area contributed by atoms with Crippen LogP contribution in [0.25, 0.3) is 61.4 Å². The standard InChI is InChI=1S/C31H25N.C27H24.C11H10/c1-23-11-5-6-15-28(23)27-14-10-13-25(21-27)26-19-18-24-12-4-2-3-9-20-32-31-17-8-7-16-29(31)30(24)22-26;1-3-4-5-6-12-19-27(22-13-8-7-9-14-22)25-16-11-10-15-23(25)24-18-17-21(2)20-26(24)27;1-9-5-4-7-10-6-2-3-8-11(9)10/h2-22,32H,1H3;3-20H,1-2H3;2-8H,1H3/b3-2-,12-4-,20-9+;4-3-,6-5-,19-12+;. The first-order valence-electron chi connectivity index (χ1n) is 24.3. The normalized spacial score (nSPS) is 15.8. The van der Waals surface area contributed by atoms with Crippen LogP contribution in [0.5, 0.6) is 0 Å². The van der Waals surface area contributed by atoms with E-state index in [4.69, 9.17) is 0 Å². The van der Waals surface area contributed by atoms with Crippen molar-refractivity contribution in [2.75, 3.05) is 5.32 Å². The van der Waals surface area contributed by atoms with Crippen molar-refractivity contribution < 1.29 is 0 Å². The lowest BCUT2D eigenvalue weighted by molar-refractivity contribution is 0.803. The fourth-order valence-corrected chi connectivity index (χ4v) is 9.74. The number of aryl methyl sites for hydroxylation is 3. The molecule has 0 amide bonds. The predicted octanol–water partition coefficient (Wildman–Crippen LogP) is 18.7. The van der Waals surface area contributed by atoms with Crippen molar-refractivity contribution in [3.05, 3.63) is 312 Å². The highest BCUT2D eigenvalue weighted by atomic mass is 14.8. The fourth-order valence-electron chi connectivity index (χ4n) is 9.74. The molecule has 0 saturated heterocycles. The minimum atomic E-state index is -0.264. The van der Waals surface area contributed by atoms with Gasteiger partial charge in [0.1, 0.15) is 0 Å². The highest BCUT2D eigenvalue weighted by Gasteiger charge is 2.42. The first kappa shape index (κ1) is 46.6. The number of fused-ring (bicyclic) bond motifs is 7. The number of para-hydroxylation sites is 1. The third kappa shape index (κ3) is 10.2. The Hall–Kier alpha value is -8.52. The van der Waals surface area contributed by atoms with Crippen LogP contribution in [0, 0.1) is 20.8 Å². The molecule has 1 atom stereocenters. The Balaban J connectivity index is 0.000000144. The molecule has 70 heavy (non-hydrogen) atoms. The van der Waals surface area contributed by atoms with Crippen LogP contribution in [0.3, 0.4) is 0 Å². The Bertz CT molecular complexity index is 3440. The lowest BCUT2D eigenvalue weighted by Gasteiger charge is -2.30. The van der Waals surface area contributed by atoms with Crippen molar-refractivity contribution in [1.29, 1.82) is 0 Å². The number of nitrogens with one attached hydrogen (secondary N) is 1. The zero-order valence-corrected chi connectivity index (χ0v) is 40.6. The SMILES string of the molecule is C\C=C/C=C\C=C\C1(c2ccccc2)c2ccccc2-c2ccc(C)cc21.Cc1cccc2ccccc12.Cc1ccccc1-c1cccc(-c2ccc3c(c2)-c2ccccc2N/C=C/C=C\C=C/3)c1. The number of benzene rings is 9. The topological polar surface area (TPSA) is 12.0 Å². The summed E-state index contributed by atoms with van der Waals surface area (Å²) < 4.78 is 0. The summed E-state index contributed by atoms with van der Waals surface area (Å²) in [5.74, 6) is 0. The van der Waals surface area contributed by atoms with Gasteiger partial charge >= 0.3 is 0 Å². The summed E-state index contributed by atoms with van der Waals surface area (Å²) in [4.78, 5) is 0. The van der Waals surface area contributed by atoms with Gasteiger partial charge in [-0.2, -0.15) is 0 Å². The lowest BCUT2D eigenvalue weighted by Crippen LogP contribution is -2.24. The summed E-state index contributed by atoms with van der Waals surface area (Å²) in [7, 11) is 0. The minimum absolute atomic E-state index is 0.264. The highest BCUT2D eigenvalue weighted by Crippen LogP contribution is 2.53. The molecule has 1 heterocycles. The third-order valence-electron chi connectivity index (χ3n) is 13.2. The lowest BCUT2D eigenvalue weighted by atomic mass is 9.72. The highest BCUT2D eigenvalue weighted by molar-refractivity contribution is 5.89. The van der Waals surface area contributed by atoms with Crippen LogP contribution in [0.2, 0.25) is 0 Å². The summed E-state index contributed by atoms with van der Waals surface area (Å²) in [5.41, 5.74) is 20.0. The molecule has 1 unspecified atom stereocenters. The first-order chi connectivity index (χ1) is 34.4. The molecule has 0 radical (unpaired) electrons. The van der Waals surface area contributed by atoms with Gasteiger partial charge in [0.2, 0.25) is 0 Å². The van der Waals surface area contributed by atoms with Gasteiger partial charge in [0.15, 0.2) is 0 Å². The van der Waals surface area contributed by atoms with E-state index in [1.54, 1.807) is 0 Å². The summed E-state index contributed by atoms with van der Waals surface area (Å²) in [6.45, 7) is 8.52. The molecule has 1 aliphatic heterocycles. The molecule has 1 aliphatic carbocycles. The zero-order valence-electron chi connectivity index (χ0n) is 40.6. The maximum absolute atomic E-state index is 3.44. The fraction of sp³-hybridized carbons (Fsp3) is 0.0725. The van der Waals surface area contributed by atoms with Gasteiger partial charge in [0.05, 0.1) is 5.41 Å². The van der Waals surface area contributed by atoms with Crippen LogP contribution in [-0.2, 0) is 5.41 Å². The number of allylic oxidation sites excluding steroid dienone is 10. The molecule has 340 valence electrons. The number of hydrogen-bond acceptors (Lipinski definition) is 1. The molecule has 1 heteroatoms. The second kappa shape index (κ2) is 22.1. The van der Waals surface area contributed by atoms with Crippen LogP contribution in [0.4, 0.5) is 5.69 Å². The molecule has 1 nitrogen and oxygen atoms in total. The molecular formula is C69H59N. The van der Waals surface area contributed by atoms with Gasteiger partial charge in [0.25, 0.3) is 0 Å². The second-order valence-corrected chi connectivity index (χ2v) is 17.8. The van der Waals surface area contributed by atoms with Crippen molar-refractivity contribution >= 4 is 22.5 Å². The number of anilines is 1. The van der Waals surface area contributed by atoms with E-state index in [1.807, 2.05) is 31.4 Å². The summed E-state index contributed by atoms with van der Waals surface area (Å²) in [6.07, 6.45) is 25.2. The second-order valence-electron chi connectivity index (χ2n) is 17.8. The van der Waals surface area contributed by atoms with E-state index >= 15 is 0 Å². The Morgan fingerprint density at radius 2 is 1.07 bits per heavy atom. The maximum Gasteiger partial charge on any atom is 0.0647 e. The van der Waals surface area contributed by atoms with Crippen LogP contribution in [0.15, 0.2) is 273 Å². The summed E-state index contributed by atoms with van der Waals surface area (Å²) in [5, 5.41) is 6.12. The Kier molecular flexibility index (Phi) is 14.7. The predicted molar refractivity (Wildman–Crippen MR) is 303 cm³/mol. The number of hydrogen-bond donors (Lipinski definition) is 1. The van der Waals surface area contributed by atoms with E-state index in [9.17, 15) is 0 Å². The van der Waals surface area contributed by atoms with E-state index in [-0.39, 0.29) is 5.41 Å². The van der Waals surface area contributed by atoms with Crippen molar-refractivity contribution in [2.24, 2.45) is 0 Å². The van der Waals surface area contributed by atoms with Gasteiger partial charge in [0, 0.05) is 17.5 Å². The van der Waals surface area contributed by atoms with E-state index < -0.39 is 0 Å². The van der Waals surface area contributed by atoms with Crippen LogP contribution >= 0.6 is 0 Å². The van der Waals surface area contributed by atoms with Crippen molar-refractivity contribution in [1.82, 2.24) is 0 Å². The molecule has 0 saturated carbocycles. The van der Waals surface area contributed by atoms with Gasteiger partial charge in [-0.05, 0) is 135 Å². The van der Waals surface area contributed by atoms with Gasteiger partial charge in [-0.3, -0.25) is 0 Å². The Morgan fingerprint density at radius 3 is 1.91 bits per heavy atom. The molecule has 11 rings (SSSR count). The molecule has 0 spiro atoms. The molecule has 0 aromatic heterocycles. The van der Waals surface area contributed by atoms with E-state index in [2.05, 4.69) is 281 Å². The Morgan fingerprint density at radius 1 is 0.414 bits per heavy atom. The Labute approximate surface area is 415 Å². The average Bonchev–Trinajstić information content (AvgIpc) is 3.66. The van der Waals surface area contributed by atoms with Crippen LogP contribution < -0.4 is 5.32 Å². The largest absolute Gasteiger partial charge is 0.361 e. The van der Waals surface area contributed by atoms with E-state index in [0.29, 0.717) is 0 Å².